The first-order valence-corrected chi connectivity index (χ1v) is 10.1. The van der Waals surface area contributed by atoms with Crippen LogP contribution in [0.2, 0.25) is 5.15 Å². The molecule has 4 rings (SSSR count). The largest absolute Gasteiger partial charge is 0.345 e. The molecule has 0 aliphatic rings. The third-order valence-electron chi connectivity index (χ3n) is 4.32. The van der Waals surface area contributed by atoms with Crippen molar-refractivity contribution < 1.29 is 9.18 Å². The molecule has 5 nitrogen and oxygen atoms in total. The van der Waals surface area contributed by atoms with Crippen LogP contribution >= 0.6 is 22.9 Å². The zero-order valence-electron chi connectivity index (χ0n) is 15.4. The van der Waals surface area contributed by atoms with Crippen molar-refractivity contribution in [2.75, 3.05) is 0 Å². The van der Waals surface area contributed by atoms with Gasteiger partial charge in [0, 0.05) is 10.9 Å². The first-order chi connectivity index (χ1) is 14.0. The van der Waals surface area contributed by atoms with Gasteiger partial charge in [0.25, 0.3) is 5.91 Å². The van der Waals surface area contributed by atoms with Gasteiger partial charge in [-0.05, 0) is 43.3 Å². The number of carbonyl (C=O) groups is 1. The standard InChI is InChI=1S/C21H16ClFN4OS/c1-13-19(20(22)27(26-13)16-5-3-2-4-6-16)21(28)24-11-18-25-17(12-29-18)14-7-9-15(23)10-8-14/h2-10,12H,11H2,1H3,(H,24,28). The van der Waals surface area contributed by atoms with E-state index in [2.05, 4.69) is 15.4 Å². The van der Waals surface area contributed by atoms with Gasteiger partial charge in [0.15, 0.2) is 0 Å². The second-order valence-electron chi connectivity index (χ2n) is 6.31. The molecule has 4 aromatic rings. The Kier molecular flexibility index (Phi) is 5.42. The summed E-state index contributed by atoms with van der Waals surface area (Å²) in [5.41, 5.74) is 3.23. The molecule has 0 bridgehead atoms. The number of hydrogen-bond acceptors (Lipinski definition) is 4. The average Bonchev–Trinajstić information content (AvgIpc) is 3.32. The second-order valence-corrected chi connectivity index (χ2v) is 7.62. The molecule has 1 amide bonds. The maximum atomic E-state index is 13.1. The number of aryl methyl sites for hydroxylation is 1. The molecule has 0 fully saturated rings. The lowest BCUT2D eigenvalue weighted by Gasteiger charge is -2.04. The third-order valence-corrected chi connectivity index (χ3v) is 5.52. The van der Waals surface area contributed by atoms with Crippen LogP contribution in [0.3, 0.4) is 0 Å². The van der Waals surface area contributed by atoms with Crippen LogP contribution in [0, 0.1) is 12.7 Å². The van der Waals surface area contributed by atoms with E-state index in [4.69, 9.17) is 11.6 Å². The minimum absolute atomic E-state index is 0.261. The minimum Gasteiger partial charge on any atom is -0.345 e. The van der Waals surface area contributed by atoms with Crippen LogP contribution < -0.4 is 5.32 Å². The van der Waals surface area contributed by atoms with Crippen molar-refractivity contribution in [3.63, 3.8) is 0 Å². The number of nitrogens with one attached hydrogen (secondary N) is 1. The Balaban J connectivity index is 1.48. The minimum atomic E-state index is -0.312. The zero-order valence-corrected chi connectivity index (χ0v) is 17.0. The van der Waals surface area contributed by atoms with Gasteiger partial charge in [-0.15, -0.1) is 11.3 Å². The summed E-state index contributed by atoms with van der Waals surface area (Å²) >= 11 is 7.86. The van der Waals surface area contributed by atoms with Gasteiger partial charge in [0.2, 0.25) is 0 Å². The maximum Gasteiger partial charge on any atom is 0.256 e. The van der Waals surface area contributed by atoms with E-state index < -0.39 is 0 Å². The number of para-hydroxylation sites is 1. The van der Waals surface area contributed by atoms with Crippen molar-refractivity contribution >= 4 is 28.8 Å². The number of nitrogens with zero attached hydrogens (tertiary/aromatic N) is 3. The van der Waals surface area contributed by atoms with Gasteiger partial charge in [-0.2, -0.15) is 5.10 Å². The summed E-state index contributed by atoms with van der Waals surface area (Å²) in [4.78, 5) is 17.2. The SMILES string of the molecule is Cc1nn(-c2ccccc2)c(Cl)c1C(=O)NCc1nc(-c2ccc(F)cc2)cs1. The molecule has 0 spiro atoms. The van der Waals surface area contributed by atoms with Gasteiger partial charge >= 0.3 is 0 Å². The lowest BCUT2D eigenvalue weighted by molar-refractivity contribution is 0.0950. The molecule has 0 aliphatic carbocycles. The Morgan fingerprint density at radius 1 is 1.17 bits per heavy atom. The van der Waals surface area contributed by atoms with Crippen molar-refractivity contribution in [2.24, 2.45) is 0 Å². The fraction of sp³-hybridized carbons (Fsp3) is 0.0952. The van der Waals surface area contributed by atoms with E-state index in [-0.39, 0.29) is 23.4 Å². The molecular weight excluding hydrogens is 411 g/mol. The molecule has 146 valence electrons. The number of benzene rings is 2. The molecule has 29 heavy (non-hydrogen) atoms. The van der Waals surface area contributed by atoms with Crippen LogP contribution in [0.15, 0.2) is 60.0 Å². The van der Waals surface area contributed by atoms with Crippen molar-refractivity contribution in [1.82, 2.24) is 20.1 Å². The first kappa shape index (κ1) is 19.3. The van der Waals surface area contributed by atoms with Crippen molar-refractivity contribution in [2.45, 2.75) is 13.5 Å². The molecule has 1 N–H and O–H groups in total. The molecule has 0 saturated heterocycles. The van der Waals surface area contributed by atoms with Crippen LogP contribution in [0.1, 0.15) is 21.1 Å². The van der Waals surface area contributed by atoms with E-state index in [1.807, 2.05) is 35.7 Å². The van der Waals surface area contributed by atoms with E-state index in [1.54, 1.807) is 23.7 Å². The van der Waals surface area contributed by atoms with Gasteiger partial charge in [0.05, 0.1) is 29.2 Å². The Hall–Kier alpha value is -3.03. The molecule has 0 aliphatic heterocycles. The van der Waals surface area contributed by atoms with E-state index >= 15 is 0 Å². The summed E-state index contributed by atoms with van der Waals surface area (Å²) in [6.45, 7) is 2.01. The van der Waals surface area contributed by atoms with Gasteiger partial charge in [0.1, 0.15) is 16.0 Å². The Bertz CT molecular complexity index is 1160. The lowest BCUT2D eigenvalue weighted by Crippen LogP contribution is -2.23. The van der Waals surface area contributed by atoms with Crippen molar-refractivity contribution in [1.29, 1.82) is 0 Å². The Morgan fingerprint density at radius 3 is 2.62 bits per heavy atom. The topological polar surface area (TPSA) is 59.8 Å². The number of carbonyl (C=O) groups excluding carboxylic acids is 1. The number of rotatable bonds is 5. The molecule has 0 atom stereocenters. The van der Waals surface area contributed by atoms with Crippen LogP contribution in [-0.2, 0) is 6.54 Å². The summed E-state index contributed by atoms with van der Waals surface area (Å²) in [5, 5.41) is 10.1. The summed E-state index contributed by atoms with van der Waals surface area (Å²) in [5.74, 6) is -0.604. The number of aromatic nitrogens is 3. The van der Waals surface area contributed by atoms with E-state index in [0.717, 1.165) is 22.0 Å². The first-order valence-electron chi connectivity index (χ1n) is 8.82. The van der Waals surface area contributed by atoms with Crippen LogP contribution in [0.5, 0.6) is 0 Å². The van der Waals surface area contributed by atoms with E-state index in [1.165, 1.54) is 23.5 Å². The summed E-state index contributed by atoms with van der Waals surface area (Å²) in [6.07, 6.45) is 0. The number of thiazole rings is 1. The van der Waals surface area contributed by atoms with Gasteiger partial charge < -0.3 is 5.32 Å². The molecule has 0 saturated carbocycles. The molecule has 0 unspecified atom stereocenters. The van der Waals surface area contributed by atoms with Gasteiger partial charge in [-0.1, -0.05) is 29.8 Å². The smallest absolute Gasteiger partial charge is 0.256 e. The number of hydrogen-bond donors (Lipinski definition) is 1. The highest BCUT2D eigenvalue weighted by Gasteiger charge is 2.21. The summed E-state index contributed by atoms with van der Waals surface area (Å²) in [7, 11) is 0. The van der Waals surface area contributed by atoms with Crippen LogP contribution in [0.4, 0.5) is 4.39 Å². The highest BCUT2D eigenvalue weighted by Crippen LogP contribution is 2.24. The quantitative estimate of drug-likeness (QED) is 0.487. The van der Waals surface area contributed by atoms with Crippen LogP contribution in [0.25, 0.3) is 16.9 Å². The third kappa shape index (κ3) is 4.06. The van der Waals surface area contributed by atoms with Crippen molar-refractivity contribution in [3.8, 4) is 16.9 Å². The monoisotopic (exact) mass is 426 g/mol. The Labute approximate surface area is 175 Å². The zero-order chi connectivity index (χ0) is 20.4. The molecular formula is C21H16ClFN4OS. The van der Waals surface area contributed by atoms with Gasteiger partial charge in [-0.25, -0.2) is 14.1 Å². The fourth-order valence-corrected chi connectivity index (χ4v) is 3.99. The highest BCUT2D eigenvalue weighted by atomic mass is 35.5. The van der Waals surface area contributed by atoms with Crippen LogP contribution in [-0.4, -0.2) is 20.7 Å². The fourth-order valence-electron chi connectivity index (χ4n) is 2.89. The average molecular weight is 427 g/mol. The van der Waals surface area contributed by atoms with Gasteiger partial charge in [-0.3, -0.25) is 4.79 Å². The van der Waals surface area contributed by atoms with E-state index in [9.17, 15) is 9.18 Å². The molecule has 0 radical (unpaired) electrons. The number of amides is 1. The lowest BCUT2D eigenvalue weighted by atomic mass is 10.2. The van der Waals surface area contributed by atoms with Crippen molar-refractivity contribution in [3.05, 3.63) is 87.2 Å². The number of halogens is 2. The van der Waals surface area contributed by atoms with E-state index in [0.29, 0.717) is 11.3 Å². The predicted octanol–water partition coefficient (Wildman–Crippen LogP) is 5.03. The summed E-state index contributed by atoms with van der Waals surface area (Å²) < 4.78 is 14.6. The maximum absolute atomic E-state index is 13.1. The molecule has 2 aromatic heterocycles. The molecule has 8 heteroatoms. The molecule has 2 aromatic carbocycles. The Morgan fingerprint density at radius 2 is 1.90 bits per heavy atom. The summed E-state index contributed by atoms with van der Waals surface area (Å²) in [6, 6.07) is 15.5. The second kappa shape index (κ2) is 8.14. The highest BCUT2D eigenvalue weighted by molar-refractivity contribution is 7.09. The molecule has 2 heterocycles. The predicted molar refractivity (Wildman–Crippen MR) is 112 cm³/mol. The normalized spacial score (nSPS) is 10.9.